The number of benzene rings is 1. The number of halogens is 5. The Labute approximate surface area is 561 Å². The molecule has 0 amide bonds. The lowest BCUT2D eigenvalue weighted by Crippen LogP contribution is -2.17. The third-order valence-electron chi connectivity index (χ3n) is 11.7. The Balaban J connectivity index is 0.000000253. The zero-order chi connectivity index (χ0) is 67.3. The lowest BCUT2D eigenvalue weighted by Gasteiger charge is -2.19. The number of aromatic amines is 1. The van der Waals surface area contributed by atoms with Crippen LogP contribution in [0.25, 0.3) is 67.3 Å². The van der Waals surface area contributed by atoms with Crippen molar-refractivity contribution >= 4 is 153 Å². The maximum atomic E-state index is 13.5. The van der Waals surface area contributed by atoms with Gasteiger partial charge in [0, 0.05) is 37.2 Å². The number of imidazole rings is 5. The molecule has 9 aromatic heterocycles. The molecule has 0 aliphatic heterocycles. The molecule has 0 spiro atoms. The highest BCUT2D eigenvalue weighted by Gasteiger charge is 2.26. The standard InChI is InChI=1S/C24H29FN6.3C11H15BrN4.2CH4O3S.BrH/c1-23(2,3)13-31-20-17(28-22(31)26)12-11-16(27-20)19-18(14-7-9-15(25)10-8-14)29-21(30-19)24(4,5)6;3*1-11(2,3)6-16-9-7(14-10(16)13)4-5-8(12)15-9;2*1-5(2,3)4;/h7-12H,13H2,1-6H3,(H2,26,28)(H,29,30);3*4-5H,6H2,1-3H3,(H2,13,14);2*1H3,(H,2,3,4);1H. The molecule has 0 fully saturated rings. The monoisotopic (exact) mass is 1540 g/mol. The summed E-state index contributed by atoms with van der Waals surface area (Å²) in [6.07, 6.45) is 1.43. The predicted octanol–water partition coefficient (Wildman–Crippen LogP) is 13.6. The number of rotatable bonds is 6. The van der Waals surface area contributed by atoms with Crippen LogP contribution in [0.15, 0.2) is 86.6 Å². The Hall–Kier alpha value is -6.22. The van der Waals surface area contributed by atoms with E-state index < -0.39 is 20.2 Å². The number of fused-ring (bicyclic) bond motifs is 4. The SMILES string of the molecule is Br.CC(C)(C)Cn1c(N)nc2ccc(-c3nc(C(C)(C)C)[nH]c3-c3ccc(F)cc3)nc21.CC(C)(C)Cn1c(N)nc2ccc(Br)nc21.CC(C)(C)Cn1c(N)nc2ccc(Br)nc21.CC(C)(C)Cn1c(N)nc2ccc(Br)nc21.CS(=O)(=O)O.CS(=O)(=O)O. The Kier molecular flexibility index (Phi) is 25.1. The third kappa shape index (κ3) is 23.8. The van der Waals surface area contributed by atoms with Gasteiger partial charge in [0.25, 0.3) is 20.2 Å². The van der Waals surface area contributed by atoms with Crippen LogP contribution in [-0.4, -0.2) is 107 Å². The second-order valence-corrected chi connectivity index (χ2v) is 32.3. The van der Waals surface area contributed by atoms with Crippen LogP contribution in [0.1, 0.15) is 110 Å². The van der Waals surface area contributed by atoms with E-state index in [2.05, 4.69) is 192 Å². The van der Waals surface area contributed by atoms with E-state index in [9.17, 15) is 21.2 Å². The lowest BCUT2D eigenvalue weighted by atomic mass is 9.96. The highest BCUT2D eigenvalue weighted by Crippen LogP contribution is 2.35. The molecule has 0 aliphatic carbocycles. The number of H-pyrrole nitrogens is 1. The maximum Gasteiger partial charge on any atom is 0.261 e. The van der Waals surface area contributed by atoms with Crippen LogP contribution in [0.5, 0.6) is 0 Å². The van der Waals surface area contributed by atoms with Gasteiger partial charge in [-0.15, -0.1) is 17.0 Å². The van der Waals surface area contributed by atoms with Crippen molar-refractivity contribution in [3.05, 3.63) is 98.2 Å². The van der Waals surface area contributed by atoms with Gasteiger partial charge >= 0.3 is 0 Å². The maximum absolute atomic E-state index is 13.5. The molecule has 0 bridgehead atoms. The van der Waals surface area contributed by atoms with Gasteiger partial charge in [0.1, 0.15) is 53.2 Å². The number of nitrogens with one attached hydrogen (secondary N) is 1. The highest BCUT2D eigenvalue weighted by molar-refractivity contribution is 9.11. The number of hydrogen-bond donors (Lipinski definition) is 7. The minimum absolute atomic E-state index is 0. The number of anilines is 4. The second-order valence-electron chi connectivity index (χ2n) is 27.0. The van der Waals surface area contributed by atoms with Crippen LogP contribution < -0.4 is 22.9 Å². The lowest BCUT2D eigenvalue weighted by molar-refractivity contribution is 0.350. The van der Waals surface area contributed by atoms with Gasteiger partial charge in [-0.05, 0) is 142 Å². The van der Waals surface area contributed by atoms with Gasteiger partial charge < -0.3 is 27.9 Å². The number of hydrogen-bond acceptors (Lipinski definition) is 17. The first kappa shape index (κ1) is 76.2. The first-order valence-corrected chi connectivity index (χ1v) is 33.8. The number of pyridine rings is 4. The van der Waals surface area contributed by atoms with Gasteiger partial charge in [0.2, 0.25) is 23.8 Å². The van der Waals surface area contributed by atoms with E-state index in [0.29, 0.717) is 48.5 Å². The summed E-state index contributed by atoms with van der Waals surface area (Å²) in [5.41, 5.74) is 33.8. The van der Waals surface area contributed by atoms with E-state index in [1.807, 2.05) is 66.8 Å². The molecular formula is C59H83Br4FN18O6S2. The summed E-state index contributed by atoms with van der Waals surface area (Å²) in [5, 5.41) is 0. The normalized spacial score (nSPS) is 12.2. The van der Waals surface area contributed by atoms with Crippen molar-refractivity contribution in [1.29, 1.82) is 0 Å². The molecule has 31 heteroatoms. The van der Waals surface area contributed by atoms with Gasteiger partial charge in [0.15, 0.2) is 22.6 Å². The van der Waals surface area contributed by atoms with E-state index in [0.717, 1.165) is 101 Å². The Bertz CT molecular complexity index is 4050. The summed E-state index contributed by atoms with van der Waals surface area (Å²) < 4.78 is 75.5. The van der Waals surface area contributed by atoms with Crippen molar-refractivity contribution in [3.63, 3.8) is 0 Å². The molecule has 0 atom stereocenters. The van der Waals surface area contributed by atoms with E-state index in [1.54, 1.807) is 12.1 Å². The summed E-state index contributed by atoms with van der Waals surface area (Å²) in [6, 6.07) is 21.6. The van der Waals surface area contributed by atoms with Crippen LogP contribution in [-0.2, 0) is 51.8 Å². The van der Waals surface area contributed by atoms with Crippen molar-refractivity contribution in [2.45, 2.75) is 135 Å². The van der Waals surface area contributed by atoms with Crippen molar-refractivity contribution in [3.8, 4) is 22.6 Å². The van der Waals surface area contributed by atoms with Crippen molar-refractivity contribution in [2.75, 3.05) is 35.4 Å². The number of nitrogens with two attached hydrogens (primary N) is 4. The largest absolute Gasteiger partial charge is 0.369 e. The zero-order valence-electron chi connectivity index (χ0n) is 53.6. The topological polar surface area (TPSA) is 364 Å². The molecule has 0 radical (unpaired) electrons. The summed E-state index contributed by atoms with van der Waals surface area (Å²) in [5.74, 6) is 2.58. The van der Waals surface area contributed by atoms with Gasteiger partial charge in [-0.25, -0.2) is 49.2 Å². The zero-order valence-corrected chi connectivity index (χ0v) is 61.7. The van der Waals surface area contributed by atoms with E-state index >= 15 is 0 Å². The summed E-state index contributed by atoms with van der Waals surface area (Å²) in [4.78, 5) is 43.9. The van der Waals surface area contributed by atoms with Gasteiger partial charge in [-0.3, -0.25) is 27.4 Å². The van der Waals surface area contributed by atoms with Crippen molar-refractivity contribution < 1.29 is 30.3 Å². The van der Waals surface area contributed by atoms with Gasteiger partial charge in [-0.2, -0.15) is 16.8 Å². The molecule has 0 aliphatic rings. The molecule has 492 valence electrons. The molecule has 10 rings (SSSR count). The van der Waals surface area contributed by atoms with E-state index in [4.69, 9.17) is 42.0 Å². The Morgan fingerprint density at radius 3 is 0.978 bits per heavy atom. The van der Waals surface area contributed by atoms with Crippen molar-refractivity contribution in [2.24, 2.45) is 21.7 Å². The first-order valence-electron chi connectivity index (χ1n) is 27.7. The van der Waals surface area contributed by atoms with Crippen LogP contribution in [0, 0.1) is 27.5 Å². The van der Waals surface area contributed by atoms with E-state index in [1.165, 1.54) is 12.1 Å². The quantitative estimate of drug-likeness (QED) is 0.0600. The molecule has 0 saturated heterocycles. The van der Waals surface area contributed by atoms with Gasteiger partial charge in [0.05, 0.1) is 23.9 Å². The summed E-state index contributed by atoms with van der Waals surface area (Å²) in [6.45, 7) is 35.3. The number of aromatic nitrogens is 14. The van der Waals surface area contributed by atoms with E-state index in [-0.39, 0.29) is 49.9 Å². The predicted molar refractivity (Wildman–Crippen MR) is 376 cm³/mol. The second kappa shape index (κ2) is 29.6. The first-order chi connectivity index (χ1) is 40.5. The van der Waals surface area contributed by atoms with Gasteiger partial charge in [-0.1, -0.05) is 104 Å². The number of nitrogen functional groups attached to an aromatic ring is 4. The minimum atomic E-state index is -3.67. The fourth-order valence-corrected chi connectivity index (χ4v) is 9.30. The molecular weight excluding hydrogens is 1460 g/mol. The van der Waals surface area contributed by atoms with Crippen LogP contribution in [0.2, 0.25) is 0 Å². The summed E-state index contributed by atoms with van der Waals surface area (Å²) >= 11 is 10.1. The number of nitrogens with zero attached hydrogens (tertiary/aromatic N) is 13. The highest BCUT2D eigenvalue weighted by atomic mass is 79.9. The fraction of sp³-hybridized carbons (Fsp3) is 0.441. The smallest absolute Gasteiger partial charge is 0.261 e. The molecule has 10 aromatic rings. The average molecular weight is 1540 g/mol. The Morgan fingerprint density at radius 1 is 0.444 bits per heavy atom. The molecule has 11 N–H and O–H groups in total. The van der Waals surface area contributed by atoms with Crippen LogP contribution in [0.4, 0.5) is 28.2 Å². The molecule has 24 nitrogen and oxygen atoms in total. The van der Waals surface area contributed by atoms with Crippen LogP contribution in [0.3, 0.4) is 0 Å². The average Bonchev–Trinajstić information content (AvgIpc) is 1.64. The third-order valence-corrected chi connectivity index (χ3v) is 13.0. The molecule has 90 heavy (non-hydrogen) atoms. The summed E-state index contributed by atoms with van der Waals surface area (Å²) in [7, 11) is -7.33. The van der Waals surface area contributed by atoms with Crippen molar-refractivity contribution in [1.82, 2.24) is 68.1 Å². The molecule has 0 saturated carbocycles. The Morgan fingerprint density at radius 2 is 0.711 bits per heavy atom. The van der Waals surface area contributed by atoms with Crippen LogP contribution >= 0.6 is 64.8 Å². The molecule has 0 unspecified atom stereocenters. The molecule has 9 heterocycles. The fourth-order valence-electron chi connectivity index (χ4n) is 8.40. The molecule has 1 aromatic carbocycles. The minimum Gasteiger partial charge on any atom is -0.369 e.